The molecule has 0 atom stereocenters. The molecule has 0 spiro atoms. The first kappa shape index (κ1) is 17.6. The van der Waals surface area contributed by atoms with Crippen LogP contribution >= 0.6 is 0 Å². The van der Waals surface area contributed by atoms with E-state index in [0.29, 0.717) is 5.95 Å². The summed E-state index contributed by atoms with van der Waals surface area (Å²) in [6.07, 6.45) is 0. The summed E-state index contributed by atoms with van der Waals surface area (Å²) in [5.41, 5.74) is 1.86. The van der Waals surface area contributed by atoms with Gasteiger partial charge < -0.3 is 20.3 Å². The molecular weight excluding hydrogens is 332 g/mol. The number of hydrogen-bond acceptors (Lipinski definition) is 8. The SMILES string of the molecule is COC(=O)c1c(C#N)nc(N2CCNCC2)nc1Nc1cccc(C)c1. The number of nitrogens with zero attached hydrogens (tertiary/aromatic N) is 4. The number of esters is 1. The molecular formula is C18H20N6O2. The number of rotatable bonds is 4. The summed E-state index contributed by atoms with van der Waals surface area (Å²) in [5, 5.41) is 15.9. The number of ether oxygens (including phenoxy) is 1. The van der Waals surface area contributed by atoms with Crippen LogP contribution in [0.1, 0.15) is 21.6 Å². The first-order valence-corrected chi connectivity index (χ1v) is 8.32. The number of nitriles is 1. The van der Waals surface area contributed by atoms with E-state index in [4.69, 9.17) is 4.74 Å². The van der Waals surface area contributed by atoms with E-state index in [1.807, 2.05) is 42.2 Å². The molecule has 0 aliphatic carbocycles. The molecule has 2 heterocycles. The number of aromatic nitrogens is 2. The number of hydrogen-bond donors (Lipinski definition) is 2. The van der Waals surface area contributed by atoms with Crippen molar-refractivity contribution >= 4 is 23.4 Å². The predicted octanol–water partition coefficient (Wildman–Crippen LogP) is 1.60. The monoisotopic (exact) mass is 352 g/mol. The van der Waals surface area contributed by atoms with Gasteiger partial charge in [0.1, 0.15) is 11.6 Å². The summed E-state index contributed by atoms with van der Waals surface area (Å²) in [5.74, 6) is 0.0388. The standard InChI is InChI=1S/C18H20N6O2/c1-12-4-3-5-13(10-12)21-16-15(17(25)26-2)14(11-19)22-18(23-16)24-8-6-20-7-9-24/h3-5,10,20H,6-9H2,1-2H3,(H,21,22,23). The van der Waals surface area contributed by atoms with Crippen molar-refractivity contribution in [3.63, 3.8) is 0 Å². The van der Waals surface area contributed by atoms with Gasteiger partial charge in [-0.25, -0.2) is 9.78 Å². The highest BCUT2D eigenvalue weighted by molar-refractivity contribution is 5.97. The average molecular weight is 352 g/mol. The van der Waals surface area contributed by atoms with Gasteiger partial charge in [-0.3, -0.25) is 0 Å². The molecule has 134 valence electrons. The summed E-state index contributed by atoms with van der Waals surface area (Å²) < 4.78 is 4.83. The zero-order valence-corrected chi connectivity index (χ0v) is 14.7. The third-order valence-corrected chi connectivity index (χ3v) is 4.07. The maximum absolute atomic E-state index is 12.2. The minimum atomic E-state index is -0.649. The van der Waals surface area contributed by atoms with Crippen LogP contribution in [0.3, 0.4) is 0 Å². The van der Waals surface area contributed by atoms with Gasteiger partial charge in [-0.1, -0.05) is 12.1 Å². The molecule has 2 aromatic rings. The van der Waals surface area contributed by atoms with Crippen molar-refractivity contribution in [3.05, 3.63) is 41.1 Å². The second-order valence-corrected chi connectivity index (χ2v) is 5.93. The van der Waals surface area contributed by atoms with E-state index >= 15 is 0 Å². The van der Waals surface area contributed by atoms with Gasteiger partial charge in [0.2, 0.25) is 5.95 Å². The van der Waals surface area contributed by atoms with E-state index < -0.39 is 5.97 Å². The molecule has 0 saturated carbocycles. The largest absolute Gasteiger partial charge is 0.465 e. The van der Waals surface area contributed by atoms with Crippen LogP contribution in [0.4, 0.5) is 17.5 Å². The van der Waals surface area contributed by atoms with Crippen molar-refractivity contribution in [1.82, 2.24) is 15.3 Å². The fourth-order valence-electron chi connectivity index (χ4n) is 2.78. The molecule has 3 rings (SSSR count). The van der Waals surface area contributed by atoms with Gasteiger partial charge in [-0.2, -0.15) is 10.2 Å². The third kappa shape index (κ3) is 3.73. The fraction of sp³-hybridized carbons (Fsp3) is 0.333. The Morgan fingerprint density at radius 3 is 2.77 bits per heavy atom. The minimum Gasteiger partial charge on any atom is -0.465 e. The lowest BCUT2D eigenvalue weighted by Gasteiger charge is -2.28. The van der Waals surface area contributed by atoms with Gasteiger partial charge >= 0.3 is 5.97 Å². The van der Waals surface area contributed by atoms with Crippen molar-refractivity contribution in [3.8, 4) is 6.07 Å². The van der Waals surface area contributed by atoms with E-state index in [1.165, 1.54) is 7.11 Å². The van der Waals surface area contributed by atoms with Crippen LogP contribution < -0.4 is 15.5 Å². The average Bonchev–Trinajstić information content (AvgIpc) is 2.67. The Morgan fingerprint density at radius 2 is 2.12 bits per heavy atom. The number of carbonyl (C=O) groups is 1. The summed E-state index contributed by atoms with van der Waals surface area (Å²) >= 11 is 0. The van der Waals surface area contributed by atoms with E-state index in [1.54, 1.807) is 0 Å². The van der Waals surface area contributed by atoms with Crippen LogP contribution in [0.15, 0.2) is 24.3 Å². The number of aryl methyl sites for hydroxylation is 1. The topological polar surface area (TPSA) is 103 Å². The van der Waals surface area contributed by atoms with E-state index in [2.05, 4.69) is 20.6 Å². The number of methoxy groups -OCH3 is 1. The molecule has 26 heavy (non-hydrogen) atoms. The van der Waals surface area contributed by atoms with E-state index in [9.17, 15) is 10.1 Å². The van der Waals surface area contributed by atoms with Gasteiger partial charge in [0.25, 0.3) is 0 Å². The highest BCUT2D eigenvalue weighted by Crippen LogP contribution is 2.25. The smallest absolute Gasteiger partial charge is 0.344 e. The molecule has 8 heteroatoms. The number of carbonyl (C=O) groups excluding carboxylic acids is 1. The van der Waals surface area contributed by atoms with Crippen LogP contribution in [0.5, 0.6) is 0 Å². The van der Waals surface area contributed by atoms with Gasteiger partial charge in [-0.15, -0.1) is 0 Å². The predicted molar refractivity (Wildman–Crippen MR) is 97.6 cm³/mol. The summed E-state index contributed by atoms with van der Waals surface area (Å²) in [6, 6.07) is 9.66. The Labute approximate surface area is 151 Å². The molecule has 1 aliphatic rings. The lowest BCUT2D eigenvalue weighted by atomic mass is 10.2. The zero-order chi connectivity index (χ0) is 18.5. The Balaban J connectivity index is 2.08. The molecule has 0 amide bonds. The van der Waals surface area contributed by atoms with Crippen molar-refractivity contribution in [2.24, 2.45) is 0 Å². The Hall–Kier alpha value is -3.18. The Bertz CT molecular complexity index is 855. The molecule has 8 nitrogen and oxygen atoms in total. The van der Waals surface area contributed by atoms with E-state index in [-0.39, 0.29) is 17.1 Å². The minimum absolute atomic E-state index is 0.00413. The number of anilines is 3. The zero-order valence-electron chi connectivity index (χ0n) is 14.7. The normalized spacial score (nSPS) is 13.8. The first-order valence-electron chi connectivity index (χ1n) is 8.32. The maximum Gasteiger partial charge on any atom is 0.344 e. The lowest BCUT2D eigenvalue weighted by molar-refractivity contribution is 0.0600. The van der Waals surface area contributed by atoms with Crippen molar-refractivity contribution < 1.29 is 9.53 Å². The highest BCUT2D eigenvalue weighted by atomic mass is 16.5. The van der Waals surface area contributed by atoms with E-state index in [0.717, 1.165) is 37.4 Å². The van der Waals surface area contributed by atoms with Crippen molar-refractivity contribution in [2.45, 2.75) is 6.92 Å². The van der Waals surface area contributed by atoms with Crippen LogP contribution in [-0.2, 0) is 4.74 Å². The molecule has 1 saturated heterocycles. The summed E-state index contributed by atoms with van der Waals surface area (Å²) in [6.45, 7) is 5.05. The molecule has 0 unspecified atom stereocenters. The molecule has 1 aliphatic heterocycles. The molecule has 1 aromatic heterocycles. The second-order valence-electron chi connectivity index (χ2n) is 5.93. The van der Waals surface area contributed by atoms with Gasteiger partial charge in [0.15, 0.2) is 11.5 Å². The van der Waals surface area contributed by atoms with Crippen molar-refractivity contribution in [1.29, 1.82) is 5.26 Å². The van der Waals surface area contributed by atoms with Crippen molar-refractivity contribution in [2.75, 3.05) is 43.5 Å². The van der Waals surface area contributed by atoms with Gasteiger partial charge in [0.05, 0.1) is 7.11 Å². The first-order chi connectivity index (χ1) is 12.6. The van der Waals surface area contributed by atoms with Crippen LogP contribution in [0.2, 0.25) is 0 Å². The Morgan fingerprint density at radius 1 is 1.35 bits per heavy atom. The maximum atomic E-state index is 12.2. The number of benzene rings is 1. The van der Waals surface area contributed by atoms with Gasteiger partial charge in [0, 0.05) is 31.9 Å². The molecule has 0 radical (unpaired) electrons. The third-order valence-electron chi connectivity index (χ3n) is 4.07. The molecule has 2 N–H and O–H groups in total. The molecule has 1 fully saturated rings. The molecule has 0 bridgehead atoms. The quantitative estimate of drug-likeness (QED) is 0.800. The summed E-state index contributed by atoms with van der Waals surface area (Å²) in [7, 11) is 1.27. The second kappa shape index (κ2) is 7.80. The van der Waals surface area contributed by atoms with Crippen LogP contribution in [0, 0.1) is 18.3 Å². The fourth-order valence-corrected chi connectivity index (χ4v) is 2.78. The highest BCUT2D eigenvalue weighted by Gasteiger charge is 2.24. The number of piperazine rings is 1. The molecule has 1 aromatic carbocycles. The summed E-state index contributed by atoms with van der Waals surface area (Å²) in [4.78, 5) is 23.0. The lowest BCUT2D eigenvalue weighted by Crippen LogP contribution is -2.44. The van der Waals surface area contributed by atoms with Crippen LogP contribution in [0.25, 0.3) is 0 Å². The van der Waals surface area contributed by atoms with Gasteiger partial charge in [-0.05, 0) is 24.6 Å². The van der Waals surface area contributed by atoms with Crippen LogP contribution in [-0.4, -0.2) is 49.2 Å². The Kier molecular flexibility index (Phi) is 5.29. The number of nitrogens with one attached hydrogen (secondary N) is 2.